The van der Waals surface area contributed by atoms with Crippen molar-refractivity contribution in [2.75, 3.05) is 14.2 Å². The molecular formula is C27H27NO5. The standard InChI is InChI=1S/C27H27NO5/c1-20-15-22(16-28-33-17-21-9-5-4-6-10-21)13-14-26(20)32-18-23-11-7-8-12-24(23)25(19-30-2)27(29)31-3/h4-16,19H,17-18H2,1-3H3/b25-19+,28-16+. The molecule has 0 heterocycles. The Hall–Kier alpha value is -4.06. The van der Waals surface area contributed by atoms with Crippen LogP contribution in [0.5, 0.6) is 5.75 Å². The lowest BCUT2D eigenvalue weighted by molar-refractivity contribution is -0.133. The SMILES string of the molecule is CO/C=C(/C(=O)OC)c1ccccc1COc1ccc(/C=N/OCc2ccccc2)cc1C. The molecule has 170 valence electrons. The van der Waals surface area contributed by atoms with Gasteiger partial charge in [0.1, 0.15) is 24.5 Å². The number of nitrogens with zero attached hydrogens (tertiary/aromatic N) is 1. The molecule has 0 atom stereocenters. The molecule has 0 bridgehead atoms. The first-order valence-corrected chi connectivity index (χ1v) is 10.4. The smallest absolute Gasteiger partial charge is 0.341 e. The monoisotopic (exact) mass is 445 g/mol. The molecule has 0 N–H and O–H groups in total. The molecule has 0 fully saturated rings. The van der Waals surface area contributed by atoms with Crippen LogP contribution in [-0.2, 0) is 32.3 Å². The van der Waals surface area contributed by atoms with Crippen LogP contribution in [0.2, 0.25) is 0 Å². The lowest BCUT2D eigenvalue weighted by Crippen LogP contribution is -2.08. The molecule has 0 radical (unpaired) electrons. The van der Waals surface area contributed by atoms with Gasteiger partial charge in [0.05, 0.1) is 26.7 Å². The Bertz CT molecular complexity index is 1120. The Morgan fingerprint density at radius 3 is 2.42 bits per heavy atom. The van der Waals surface area contributed by atoms with Crippen LogP contribution in [0.4, 0.5) is 0 Å². The van der Waals surface area contributed by atoms with E-state index < -0.39 is 5.97 Å². The van der Waals surface area contributed by atoms with E-state index in [2.05, 4.69) is 5.16 Å². The fraction of sp³-hybridized carbons (Fsp3) is 0.185. The van der Waals surface area contributed by atoms with Crippen LogP contribution < -0.4 is 4.74 Å². The van der Waals surface area contributed by atoms with Crippen LogP contribution in [0.25, 0.3) is 5.57 Å². The van der Waals surface area contributed by atoms with Gasteiger partial charge < -0.3 is 19.0 Å². The quantitative estimate of drug-likeness (QED) is 0.140. The fourth-order valence-electron chi connectivity index (χ4n) is 3.21. The highest BCUT2D eigenvalue weighted by Gasteiger charge is 2.17. The first kappa shape index (κ1) is 23.6. The summed E-state index contributed by atoms with van der Waals surface area (Å²) in [5.41, 5.74) is 4.79. The number of ether oxygens (including phenoxy) is 3. The van der Waals surface area contributed by atoms with E-state index in [9.17, 15) is 4.79 Å². The van der Waals surface area contributed by atoms with Gasteiger partial charge in [-0.2, -0.15) is 0 Å². The van der Waals surface area contributed by atoms with Crippen molar-refractivity contribution in [2.45, 2.75) is 20.1 Å². The van der Waals surface area contributed by atoms with Crippen LogP contribution in [0, 0.1) is 6.92 Å². The maximum absolute atomic E-state index is 12.2. The van der Waals surface area contributed by atoms with Crippen LogP contribution >= 0.6 is 0 Å². The molecule has 33 heavy (non-hydrogen) atoms. The summed E-state index contributed by atoms with van der Waals surface area (Å²) in [6.45, 7) is 2.67. The molecule has 6 heteroatoms. The van der Waals surface area contributed by atoms with Gasteiger partial charge in [0, 0.05) is 0 Å². The Kier molecular flexibility index (Phi) is 8.65. The van der Waals surface area contributed by atoms with Crippen molar-refractivity contribution in [3.8, 4) is 5.75 Å². The van der Waals surface area contributed by atoms with Gasteiger partial charge in [0.25, 0.3) is 0 Å². The lowest BCUT2D eigenvalue weighted by Gasteiger charge is -2.14. The third kappa shape index (κ3) is 6.71. The second-order valence-electron chi connectivity index (χ2n) is 7.22. The van der Waals surface area contributed by atoms with Crippen LogP contribution in [0.1, 0.15) is 27.8 Å². The summed E-state index contributed by atoms with van der Waals surface area (Å²) < 4.78 is 16.0. The number of oxime groups is 1. The van der Waals surface area contributed by atoms with Crippen molar-refractivity contribution < 1.29 is 23.8 Å². The van der Waals surface area contributed by atoms with Gasteiger partial charge in [-0.05, 0) is 52.9 Å². The van der Waals surface area contributed by atoms with E-state index >= 15 is 0 Å². The molecule has 0 unspecified atom stereocenters. The summed E-state index contributed by atoms with van der Waals surface area (Å²) in [5.74, 6) is 0.265. The summed E-state index contributed by atoms with van der Waals surface area (Å²) >= 11 is 0. The largest absolute Gasteiger partial charge is 0.503 e. The van der Waals surface area contributed by atoms with Crippen LogP contribution in [0.3, 0.4) is 0 Å². The molecule has 0 aliphatic rings. The van der Waals surface area contributed by atoms with E-state index in [1.54, 1.807) is 6.21 Å². The topological polar surface area (TPSA) is 66.4 Å². The van der Waals surface area contributed by atoms with E-state index in [4.69, 9.17) is 19.0 Å². The molecule has 3 aromatic carbocycles. The Morgan fingerprint density at radius 1 is 0.939 bits per heavy atom. The Morgan fingerprint density at radius 2 is 1.70 bits per heavy atom. The molecule has 0 spiro atoms. The average Bonchev–Trinajstić information content (AvgIpc) is 2.85. The van der Waals surface area contributed by atoms with Gasteiger partial charge in [0.15, 0.2) is 0 Å². The molecular weight excluding hydrogens is 418 g/mol. The molecule has 0 aliphatic carbocycles. The highest BCUT2D eigenvalue weighted by molar-refractivity contribution is 6.16. The van der Waals surface area contributed by atoms with E-state index in [0.29, 0.717) is 17.7 Å². The zero-order valence-electron chi connectivity index (χ0n) is 19.0. The first-order chi connectivity index (χ1) is 16.1. The number of hydrogen-bond acceptors (Lipinski definition) is 6. The number of hydrogen-bond donors (Lipinski definition) is 0. The molecule has 3 rings (SSSR count). The molecule has 3 aromatic rings. The van der Waals surface area contributed by atoms with E-state index in [1.165, 1.54) is 20.5 Å². The predicted molar refractivity (Wildman–Crippen MR) is 128 cm³/mol. The molecule has 0 saturated heterocycles. The van der Waals surface area contributed by atoms with Crippen molar-refractivity contribution >= 4 is 17.8 Å². The number of benzene rings is 3. The van der Waals surface area contributed by atoms with Gasteiger partial charge in [-0.25, -0.2) is 4.79 Å². The number of carbonyl (C=O) groups is 1. The van der Waals surface area contributed by atoms with Crippen molar-refractivity contribution in [2.24, 2.45) is 5.16 Å². The minimum atomic E-state index is -0.474. The zero-order valence-corrected chi connectivity index (χ0v) is 19.0. The van der Waals surface area contributed by atoms with E-state index in [0.717, 1.165) is 28.0 Å². The van der Waals surface area contributed by atoms with Gasteiger partial charge in [0.2, 0.25) is 0 Å². The summed E-state index contributed by atoms with van der Waals surface area (Å²) in [7, 11) is 2.83. The molecule has 0 aromatic heterocycles. The molecule has 0 saturated carbocycles. The number of rotatable bonds is 10. The van der Waals surface area contributed by atoms with Crippen molar-refractivity contribution in [3.05, 3.63) is 107 Å². The van der Waals surface area contributed by atoms with Gasteiger partial charge in [-0.3, -0.25) is 0 Å². The highest BCUT2D eigenvalue weighted by Crippen LogP contribution is 2.24. The second-order valence-corrected chi connectivity index (χ2v) is 7.22. The highest BCUT2D eigenvalue weighted by atomic mass is 16.6. The number of methoxy groups -OCH3 is 2. The third-order valence-corrected chi connectivity index (χ3v) is 4.88. The minimum absolute atomic E-state index is 0.280. The summed E-state index contributed by atoms with van der Waals surface area (Å²) in [5, 5.41) is 4.05. The molecule has 0 aliphatic heterocycles. The Balaban J connectivity index is 1.65. The normalized spacial score (nSPS) is 11.3. The van der Waals surface area contributed by atoms with Crippen LogP contribution in [-0.4, -0.2) is 26.4 Å². The maximum atomic E-state index is 12.2. The fourth-order valence-corrected chi connectivity index (χ4v) is 3.21. The van der Waals surface area contributed by atoms with E-state index in [-0.39, 0.29) is 6.61 Å². The van der Waals surface area contributed by atoms with Crippen LogP contribution in [0.15, 0.2) is 84.2 Å². The van der Waals surface area contributed by atoms with Gasteiger partial charge in [-0.1, -0.05) is 59.8 Å². The van der Waals surface area contributed by atoms with Crippen molar-refractivity contribution in [1.29, 1.82) is 0 Å². The van der Waals surface area contributed by atoms with Gasteiger partial charge in [-0.15, -0.1) is 0 Å². The summed E-state index contributed by atoms with van der Waals surface area (Å²) in [6, 6.07) is 23.1. The number of carbonyl (C=O) groups excluding carboxylic acids is 1. The second kappa shape index (κ2) is 12.1. The average molecular weight is 446 g/mol. The summed E-state index contributed by atoms with van der Waals surface area (Å²) in [4.78, 5) is 17.5. The van der Waals surface area contributed by atoms with Crippen molar-refractivity contribution in [3.63, 3.8) is 0 Å². The Labute approximate surface area is 194 Å². The number of aryl methyl sites for hydroxylation is 1. The molecule has 0 amide bonds. The van der Waals surface area contributed by atoms with Gasteiger partial charge >= 0.3 is 5.97 Å². The summed E-state index contributed by atoms with van der Waals surface area (Å²) in [6.07, 6.45) is 3.05. The minimum Gasteiger partial charge on any atom is -0.503 e. The zero-order chi connectivity index (χ0) is 23.5. The number of esters is 1. The van der Waals surface area contributed by atoms with Crippen molar-refractivity contribution in [1.82, 2.24) is 0 Å². The maximum Gasteiger partial charge on any atom is 0.341 e. The predicted octanol–water partition coefficient (Wildman–Crippen LogP) is 5.29. The lowest BCUT2D eigenvalue weighted by atomic mass is 10.0. The molecule has 6 nitrogen and oxygen atoms in total. The third-order valence-electron chi connectivity index (χ3n) is 4.88. The van der Waals surface area contributed by atoms with E-state index in [1.807, 2.05) is 79.7 Å². The first-order valence-electron chi connectivity index (χ1n) is 10.4.